The largest absolute Gasteiger partial charge is 0.451 e. The summed E-state index contributed by atoms with van der Waals surface area (Å²) >= 11 is 0. The van der Waals surface area contributed by atoms with Crippen LogP contribution in [0.5, 0.6) is 0 Å². The van der Waals surface area contributed by atoms with Crippen molar-refractivity contribution >= 4 is 17.4 Å². The smallest absolute Gasteiger partial charge is 0.312 e. The maximum atomic E-state index is 13.3. The molecule has 5 heteroatoms. The number of esters is 1. The van der Waals surface area contributed by atoms with Crippen molar-refractivity contribution in [2.45, 2.75) is 54.1 Å². The second kappa shape index (κ2) is 10.2. The van der Waals surface area contributed by atoms with Crippen LogP contribution in [0.1, 0.15) is 75.7 Å². The molecule has 0 fully saturated rings. The first-order valence-corrected chi connectivity index (χ1v) is 11.8. The summed E-state index contributed by atoms with van der Waals surface area (Å²) in [5.41, 5.74) is 2.49. The lowest BCUT2D eigenvalue weighted by molar-refractivity contribution is -0.159. The Balaban J connectivity index is 2.12. The molecule has 1 amide bonds. The van der Waals surface area contributed by atoms with Crippen LogP contribution in [-0.2, 0) is 9.53 Å². The van der Waals surface area contributed by atoms with E-state index in [0.717, 1.165) is 23.2 Å². The molecule has 176 valence electrons. The van der Waals surface area contributed by atoms with Gasteiger partial charge in [0.2, 0.25) is 0 Å². The summed E-state index contributed by atoms with van der Waals surface area (Å²) < 4.78 is 8.23. The summed E-state index contributed by atoms with van der Waals surface area (Å²) in [6, 6.07) is 17.4. The Labute approximate surface area is 197 Å². The molecule has 0 aliphatic heterocycles. The predicted octanol–water partition coefficient (Wildman–Crippen LogP) is 6.13. The van der Waals surface area contributed by atoms with E-state index < -0.39 is 11.5 Å². The molecule has 2 heterocycles. The van der Waals surface area contributed by atoms with Crippen molar-refractivity contribution in [3.63, 3.8) is 0 Å². The van der Waals surface area contributed by atoms with Gasteiger partial charge in [0.25, 0.3) is 5.91 Å². The van der Waals surface area contributed by atoms with E-state index in [9.17, 15) is 9.59 Å². The Kier molecular flexibility index (Phi) is 7.62. The number of ether oxygens (including phenoxy) is 1. The van der Waals surface area contributed by atoms with Gasteiger partial charge in [-0.25, -0.2) is 0 Å². The standard InChI is InChI=1S/C28H36N2O3/c1-7-29(8-2)26(31)22-17-23-15-12-16-30(23)24(18-22)25(21-13-10-9-11-14-21)33-27(32)28(5,6)19-20(3)4/h9-18,20,25H,7-8,19H2,1-6H3. The fourth-order valence-electron chi connectivity index (χ4n) is 4.49. The summed E-state index contributed by atoms with van der Waals surface area (Å²) in [7, 11) is 0. The highest BCUT2D eigenvalue weighted by Gasteiger charge is 2.34. The number of pyridine rings is 1. The number of hydrogen-bond acceptors (Lipinski definition) is 3. The Morgan fingerprint density at radius 1 is 1.00 bits per heavy atom. The summed E-state index contributed by atoms with van der Waals surface area (Å²) in [5, 5.41) is 0. The van der Waals surface area contributed by atoms with Crippen LogP contribution in [0.3, 0.4) is 0 Å². The number of carbonyl (C=O) groups excluding carboxylic acids is 2. The van der Waals surface area contributed by atoms with Gasteiger partial charge in [0.1, 0.15) is 0 Å². The third kappa shape index (κ3) is 5.47. The fraction of sp³-hybridized carbons (Fsp3) is 0.429. The molecule has 0 saturated carbocycles. The SMILES string of the molecule is CCN(CC)C(=O)c1cc(C(OC(=O)C(C)(C)CC(C)C)c2ccccc2)n2cccc2c1. The van der Waals surface area contributed by atoms with Gasteiger partial charge in [0, 0.05) is 30.4 Å². The zero-order chi connectivity index (χ0) is 24.2. The van der Waals surface area contributed by atoms with E-state index in [0.29, 0.717) is 24.6 Å². The second-order valence-corrected chi connectivity index (χ2v) is 9.63. The van der Waals surface area contributed by atoms with Gasteiger partial charge in [-0.05, 0) is 69.9 Å². The van der Waals surface area contributed by atoms with Gasteiger partial charge < -0.3 is 14.0 Å². The maximum absolute atomic E-state index is 13.3. The van der Waals surface area contributed by atoms with Gasteiger partial charge in [0.05, 0.1) is 11.1 Å². The van der Waals surface area contributed by atoms with Crippen LogP contribution >= 0.6 is 0 Å². The quantitative estimate of drug-likeness (QED) is 0.370. The number of carbonyl (C=O) groups is 2. The average molecular weight is 449 g/mol. The van der Waals surface area contributed by atoms with Crippen LogP contribution in [0.4, 0.5) is 0 Å². The molecule has 33 heavy (non-hydrogen) atoms. The van der Waals surface area contributed by atoms with Gasteiger partial charge in [-0.1, -0.05) is 44.2 Å². The molecule has 0 aliphatic rings. The third-order valence-electron chi connectivity index (χ3n) is 6.03. The summed E-state index contributed by atoms with van der Waals surface area (Å²) in [6.45, 7) is 13.3. The number of rotatable bonds is 9. The monoisotopic (exact) mass is 448 g/mol. The zero-order valence-corrected chi connectivity index (χ0v) is 20.7. The number of amides is 1. The van der Waals surface area contributed by atoms with Gasteiger partial charge in [-0.15, -0.1) is 0 Å². The van der Waals surface area contributed by atoms with Crippen molar-refractivity contribution < 1.29 is 14.3 Å². The van der Waals surface area contributed by atoms with Crippen molar-refractivity contribution in [1.82, 2.24) is 9.30 Å². The van der Waals surface area contributed by atoms with Crippen LogP contribution in [-0.4, -0.2) is 34.3 Å². The van der Waals surface area contributed by atoms with Crippen LogP contribution in [0.25, 0.3) is 5.52 Å². The molecule has 0 spiro atoms. The minimum absolute atomic E-state index is 0.0248. The highest BCUT2D eigenvalue weighted by atomic mass is 16.5. The van der Waals surface area contributed by atoms with E-state index >= 15 is 0 Å². The van der Waals surface area contributed by atoms with Crippen LogP contribution in [0.15, 0.2) is 60.8 Å². The molecule has 3 rings (SSSR count). The summed E-state index contributed by atoms with van der Waals surface area (Å²) in [5.74, 6) is 0.1000. The van der Waals surface area contributed by atoms with E-state index in [4.69, 9.17) is 4.74 Å². The summed E-state index contributed by atoms with van der Waals surface area (Å²) in [4.78, 5) is 28.3. The highest BCUT2D eigenvalue weighted by molar-refractivity contribution is 5.95. The fourth-order valence-corrected chi connectivity index (χ4v) is 4.49. The molecular formula is C28H36N2O3. The second-order valence-electron chi connectivity index (χ2n) is 9.63. The molecule has 1 aromatic carbocycles. The molecule has 0 aliphatic carbocycles. The van der Waals surface area contributed by atoms with Crippen LogP contribution < -0.4 is 0 Å². The first-order chi connectivity index (χ1) is 15.7. The minimum atomic E-state index is -0.635. The molecule has 1 unspecified atom stereocenters. The minimum Gasteiger partial charge on any atom is -0.451 e. The maximum Gasteiger partial charge on any atom is 0.312 e. The van der Waals surface area contributed by atoms with Crippen molar-refractivity contribution in [1.29, 1.82) is 0 Å². The topological polar surface area (TPSA) is 51.0 Å². The van der Waals surface area contributed by atoms with E-state index in [1.54, 1.807) is 4.90 Å². The van der Waals surface area contributed by atoms with Gasteiger partial charge in [-0.3, -0.25) is 9.59 Å². The van der Waals surface area contributed by atoms with Crippen molar-refractivity contribution in [3.05, 3.63) is 77.6 Å². The molecule has 2 aromatic heterocycles. The Morgan fingerprint density at radius 2 is 1.67 bits per heavy atom. The Bertz CT molecular complexity index is 1090. The third-order valence-corrected chi connectivity index (χ3v) is 6.03. The first kappa shape index (κ1) is 24.6. The van der Waals surface area contributed by atoms with E-state index in [-0.39, 0.29) is 11.9 Å². The van der Waals surface area contributed by atoms with Crippen LogP contribution in [0, 0.1) is 11.3 Å². The molecule has 0 saturated heterocycles. The van der Waals surface area contributed by atoms with Crippen molar-refractivity contribution in [2.75, 3.05) is 13.1 Å². The van der Waals surface area contributed by atoms with Crippen LogP contribution in [0.2, 0.25) is 0 Å². The molecular weight excluding hydrogens is 412 g/mol. The number of hydrogen-bond donors (Lipinski definition) is 0. The summed E-state index contributed by atoms with van der Waals surface area (Å²) in [6.07, 6.45) is 2.04. The first-order valence-electron chi connectivity index (χ1n) is 11.8. The lowest BCUT2D eigenvalue weighted by Crippen LogP contribution is -2.31. The number of aromatic nitrogens is 1. The number of fused-ring (bicyclic) bond motifs is 1. The lowest BCUT2D eigenvalue weighted by atomic mass is 9.84. The molecule has 0 bridgehead atoms. The average Bonchev–Trinajstić information content (AvgIpc) is 3.26. The molecule has 0 N–H and O–H groups in total. The molecule has 3 aromatic rings. The van der Waals surface area contributed by atoms with E-state index in [1.807, 2.05) is 92.9 Å². The normalized spacial score (nSPS) is 12.7. The lowest BCUT2D eigenvalue weighted by Gasteiger charge is -2.29. The number of benzene rings is 1. The highest BCUT2D eigenvalue weighted by Crippen LogP contribution is 2.34. The van der Waals surface area contributed by atoms with Gasteiger partial charge >= 0.3 is 5.97 Å². The number of nitrogens with zero attached hydrogens (tertiary/aromatic N) is 2. The molecule has 1 atom stereocenters. The Hall–Kier alpha value is -3.08. The van der Waals surface area contributed by atoms with E-state index in [2.05, 4.69) is 13.8 Å². The predicted molar refractivity (Wildman–Crippen MR) is 132 cm³/mol. The van der Waals surface area contributed by atoms with Crippen molar-refractivity contribution in [3.8, 4) is 0 Å². The molecule has 0 radical (unpaired) electrons. The van der Waals surface area contributed by atoms with Gasteiger partial charge in [0.15, 0.2) is 6.10 Å². The molecule has 5 nitrogen and oxygen atoms in total. The zero-order valence-electron chi connectivity index (χ0n) is 20.7. The Morgan fingerprint density at radius 3 is 2.27 bits per heavy atom. The van der Waals surface area contributed by atoms with Gasteiger partial charge in [-0.2, -0.15) is 0 Å². The van der Waals surface area contributed by atoms with Crippen molar-refractivity contribution in [2.24, 2.45) is 11.3 Å². The van der Waals surface area contributed by atoms with E-state index in [1.165, 1.54) is 0 Å².